The molecule has 0 aromatic carbocycles. The normalized spacial score (nSPS) is 28.5. The van der Waals surface area contributed by atoms with Gasteiger partial charge in [-0.15, -0.1) is 0 Å². The van der Waals surface area contributed by atoms with Crippen molar-refractivity contribution in [2.45, 2.75) is 232 Å². The topological polar surface area (TPSA) is 60.7 Å². The molecule has 7 atom stereocenters. The Kier molecular flexibility index (Phi) is 30.8. The molecule has 9 heteroatoms. The summed E-state index contributed by atoms with van der Waals surface area (Å²) in [5.74, 6) is 5.71. The number of hydrogen-bond donors (Lipinski definition) is 2. The summed E-state index contributed by atoms with van der Waals surface area (Å²) in [4.78, 5) is 17.8. The van der Waals surface area contributed by atoms with Gasteiger partial charge in [-0.3, -0.25) is 24.5 Å². The standard InChI is InChI=1S/C13H28N2.C12H26N2.C12H25N.C11H24N2.C10H22N2/c1-10(2)7-12-8-15(11(3)4)9-13(12)14(5)6;1-9(2)6-11-7-14(10(3)4)8-12(11)13-5;1-10(2)8-12(5)6-7-13(9-12)11(3)4;1-8(2)5-10-6-13(9(3)4)7-11(10)12;1-9(2)11-5-7-12(8-6-11)10(3)4/h10-13H,7-9H2,1-6H3;9-13H,6-8H2,1-5H3;10-11H,6-9H2,1-5H3;8-11H,5-7,12H2,1-4H3;9-10H,5-8H2,1-4H3. The maximum atomic E-state index is 6.11. The predicted octanol–water partition coefficient (Wildman–Crippen LogP) is 10.5. The number of nitrogens with one attached hydrogen (secondary N) is 1. The molecule has 0 saturated carbocycles. The monoisotopic (exact) mass is 948 g/mol. The minimum Gasteiger partial charge on any atom is -0.326 e. The SMILES string of the molecule is CC(C)CC1(C)CCN(C(C)C)C1.CC(C)CC1CN(C(C)C)CC1N.CC(C)CC1CN(C(C)C)CC1N(C)C.CC(C)N1CCN(C(C)C)CC1.CNC1CN(C(C)C)CC1CC(C)C. The first-order valence-electron chi connectivity index (χ1n) is 28.5. The van der Waals surface area contributed by atoms with Crippen molar-refractivity contribution >= 4 is 0 Å². The number of nitrogens with zero attached hydrogens (tertiary/aromatic N) is 7. The van der Waals surface area contributed by atoms with Crippen LogP contribution in [0.3, 0.4) is 0 Å². The largest absolute Gasteiger partial charge is 0.326 e. The zero-order valence-corrected chi connectivity index (χ0v) is 50.0. The first-order valence-corrected chi connectivity index (χ1v) is 28.5. The lowest BCUT2D eigenvalue weighted by molar-refractivity contribution is 0.0887. The zero-order valence-electron chi connectivity index (χ0n) is 50.0. The van der Waals surface area contributed by atoms with Gasteiger partial charge in [0.25, 0.3) is 0 Å². The molecule has 5 aliphatic rings. The maximum Gasteiger partial charge on any atom is 0.0257 e. The van der Waals surface area contributed by atoms with Gasteiger partial charge in [-0.1, -0.05) is 62.3 Å². The number of rotatable bonds is 16. The smallest absolute Gasteiger partial charge is 0.0257 e. The Bertz CT molecular complexity index is 1200. The molecule has 67 heavy (non-hydrogen) atoms. The van der Waals surface area contributed by atoms with Crippen molar-refractivity contribution in [3.8, 4) is 0 Å². The second-order valence-electron chi connectivity index (χ2n) is 26.4. The van der Waals surface area contributed by atoms with Gasteiger partial charge in [-0.25, -0.2) is 0 Å². The van der Waals surface area contributed by atoms with Gasteiger partial charge in [-0.2, -0.15) is 0 Å². The third-order valence-corrected chi connectivity index (χ3v) is 16.0. The van der Waals surface area contributed by atoms with E-state index in [4.69, 9.17) is 5.73 Å². The van der Waals surface area contributed by atoms with E-state index in [2.05, 4.69) is 206 Å². The quantitative estimate of drug-likeness (QED) is 0.158. The summed E-state index contributed by atoms with van der Waals surface area (Å²) in [5, 5.41) is 3.46. The van der Waals surface area contributed by atoms with Crippen molar-refractivity contribution in [3.05, 3.63) is 0 Å². The summed E-state index contributed by atoms with van der Waals surface area (Å²) in [6, 6.07) is 6.10. The average molecular weight is 949 g/mol. The lowest BCUT2D eigenvalue weighted by Gasteiger charge is -2.38. The average Bonchev–Trinajstić information content (AvgIpc) is 4.01. The van der Waals surface area contributed by atoms with Crippen LogP contribution in [-0.4, -0.2) is 188 Å². The van der Waals surface area contributed by atoms with Crippen LogP contribution in [0.15, 0.2) is 0 Å². The van der Waals surface area contributed by atoms with E-state index in [1.54, 1.807) is 0 Å². The van der Waals surface area contributed by atoms with Gasteiger partial charge in [0.05, 0.1) is 0 Å². The van der Waals surface area contributed by atoms with E-state index in [1.807, 2.05) is 0 Å². The van der Waals surface area contributed by atoms with Gasteiger partial charge >= 0.3 is 0 Å². The predicted molar refractivity (Wildman–Crippen MR) is 300 cm³/mol. The van der Waals surface area contributed by atoms with Crippen molar-refractivity contribution in [1.82, 2.24) is 39.6 Å². The van der Waals surface area contributed by atoms with Crippen molar-refractivity contribution < 1.29 is 0 Å². The minimum atomic E-state index is 0.407. The van der Waals surface area contributed by atoms with E-state index in [0.29, 0.717) is 35.6 Å². The van der Waals surface area contributed by atoms with Crippen LogP contribution in [0.25, 0.3) is 0 Å². The van der Waals surface area contributed by atoms with Crippen LogP contribution in [0.1, 0.15) is 178 Å². The van der Waals surface area contributed by atoms with Gasteiger partial charge in [0, 0.05) is 126 Å². The molecule has 0 radical (unpaired) electrons. The molecular weight excluding hydrogens is 823 g/mol. The molecule has 0 amide bonds. The fourth-order valence-corrected chi connectivity index (χ4v) is 11.9. The van der Waals surface area contributed by atoms with Crippen LogP contribution in [0, 0.1) is 46.8 Å². The maximum absolute atomic E-state index is 6.11. The molecule has 5 saturated heterocycles. The highest BCUT2D eigenvalue weighted by atomic mass is 15.3. The van der Waals surface area contributed by atoms with Crippen molar-refractivity contribution in [3.63, 3.8) is 0 Å². The van der Waals surface area contributed by atoms with E-state index in [0.717, 1.165) is 72.1 Å². The molecule has 5 aliphatic heterocycles. The third-order valence-electron chi connectivity index (χ3n) is 16.0. The van der Waals surface area contributed by atoms with Crippen LogP contribution in [0.4, 0.5) is 0 Å². The first kappa shape index (κ1) is 64.7. The molecule has 5 rings (SSSR count). The Morgan fingerprint density at radius 3 is 1.19 bits per heavy atom. The minimum absolute atomic E-state index is 0.407. The van der Waals surface area contributed by atoms with Gasteiger partial charge in [0.15, 0.2) is 0 Å². The Balaban J connectivity index is 0.000000420. The van der Waals surface area contributed by atoms with Crippen LogP contribution in [0.5, 0.6) is 0 Å². The molecule has 5 fully saturated rings. The number of likely N-dealkylation sites (N-methyl/N-ethyl adjacent to an activating group) is 2. The van der Waals surface area contributed by atoms with Crippen LogP contribution >= 0.6 is 0 Å². The Morgan fingerprint density at radius 1 is 0.463 bits per heavy atom. The molecule has 0 aromatic heterocycles. The lowest BCUT2D eigenvalue weighted by atomic mass is 9.81. The molecule has 9 nitrogen and oxygen atoms in total. The fourth-order valence-electron chi connectivity index (χ4n) is 11.9. The highest BCUT2D eigenvalue weighted by Gasteiger charge is 2.37. The van der Waals surface area contributed by atoms with Gasteiger partial charge in [0.1, 0.15) is 0 Å². The van der Waals surface area contributed by atoms with Crippen LogP contribution < -0.4 is 11.1 Å². The summed E-state index contributed by atoms with van der Waals surface area (Å²) in [5.41, 5.74) is 6.71. The highest BCUT2D eigenvalue weighted by Crippen LogP contribution is 2.37. The number of nitrogens with two attached hydrogens (primary N) is 1. The highest BCUT2D eigenvalue weighted by molar-refractivity contribution is 4.92. The Morgan fingerprint density at radius 2 is 0.836 bits per heavy atom. The lowest BCUT2D eigenvalue weighted by Crippen LogP contribution is -2.50. The number of hydrogen-bond acceptors (Lipinski definition) is 9. The van der Waals surface area contributed by atoms with E-state index >= 15 is 0 Å². The summed E-state index contributed by atoms with van der Waals surface area (Å²) < 4.78 is 0. The van der Waals surface area contributed by atoms with Gasteiger partial charge in [-0.05, 0) is 190 Å². The third kappa shape index (κ3) is 24.7. The molecule has 7 unspecified atom stereocenters. The first-order chi connectivity index (χ1) is 31.0. The summed E-state index contributed by atoms with van der Waals surface area (Å²) in [7, 11) is 6.55. The molecule has 402 valence electrons. The molecular formula is C58H125N9. The Hall–Kier alpha value is -0.360. The van der Waals surface area contributed by atoms with Crippen LogP contribution in [0.2, 0.25) is 0 Å². The van der Waals surface area contributed by atoms with E-state index in [1.165, 1.54) is 104 Å². The van der Waals surface area contributed by atoms with E-state index in [-0.39, 0.29) is 0 Å². The number of piperazine rings is 1. The van der Waals surface area contributed by atoms with E-state index < -0.39 is 0 Å². The number of likely N-dealkylation sites (tertiary alicyclic amines) is 4. The second-order valence-corrected chi connectivity index (χ2v) is 26.4. The summed E-state index contributed by atoms with van der Waals surface area (Å²) >= 11 is 0. The molecule has 0 bridgehead atoms. The summed E-state index contributed by atoms with van der Waals surface area (Å²) in [6.07, 6.45) is 6.78. The second kappa shape index (κ2) is 32.0. The fraction of sp³-hybridized carbons (Fsp3) is 1.00. The van der Waals surface area contributed by atoms with E-state index in [9.17, 15) is 0 Å². The van der Waals surface area contributed by atoms with Crippen molar-refractivity contribution in [1.29, 1.82) is 0 Å². The molecule has 3 N–H and O–H groups in total. The van der Waals surface area contributed by atoms with Gasteiger partial charge < -0.3 is 20.9 Å². The zero-order chi connectivity index (χ0) is 51.5. The Labute approximate surface area is 422 Å². The molecule has 0 spiro atoms. The molecule has 0 aromatic rings. The van der Waals surface area contributed by atoms with Gasteiger partial charge in [0.2, 0.25) is 0 Å². The summed E-state index contributed by atoms with van der Waals surface area (Å²) in [6.45, 7) is 63.4. The molecule has 5 heterocycles. The van der Waals surface area contributed by atoms with Crippen molar-refractivity contribution in [2.24, 2.45) is 52.6 Å². The van der Waals surface area contributed by atoms with Crippen LogP contribution in [-0.2, 0) is 0 Å². The molecule has 0 aliphatic carbocycles. The van der Waals surface area contributed by atoms with Crippen molar-refractivity contribution in [2.75, 3.05) is 99.7 Å².